The lowest BCUT2D eigenvalue weighted by Crippen LogP contribution is -2.16. The predicted molar refractivity (Wildman–Crippen MR) is 66.7 cm³/mol. The third-order valence-corrected chi connectivity index (χ3v) is 2.98. The lowest BCUT2D eigenvalue weighted by atomic mass is 10.1. The summed E-state index contributed by atoms with van der Waals surface area (Å²) in [5.74, 6) is -13.8. The molecule has 0 radical (unpaired) electrons. The Labute approximate surface area is 122 Å². The molecule has 0 amide bonds. The maximum atomic E-state index is 13.4. The number of carbonyl (C=O) groups is 1. The first-order chi connectivity index (χ1) is 10.3. The Balaban J connectivity index is 2.28. The standard InChI is InChI=1S/C15H9F5O2/c1-7-4-2-3-5-8(7)6-9(21)22-15-13(19)11(17)10(16)12(18)14(15)20/h2-5H,6H2,1H3. The van der Waals surface area contributed by atoms with Crippen molar-refractivity contribution in [2.24, 2.45) is 0 Å². The first kappa shape index (κ1) is 15.9. The highest BCUT2D eigenvalue weighted by atomic mass is 19.2. The summed E-state index contributed by atoms with van der Waals surface area (Å²) in [5.41, 5.74) is 1.23. The Morgan fingerprint density at radius 1 is 0.909 bits per heavy atom. The van der Waals surface area contributed by atoms with Crippen LogP contribution in [0.25, 0.3) is 0 Å². The first-order valence-electron chi connectivity index (χ1n) is 6.09. The smallest absolute Gasteiger partial charge is 0.315 e. The average molecular weight is 316 g/mol. The van der Waals surface area contributed by atoms with Crippen molar-refractivity contribution in [1.29, 1.82) is 0 Å². The van der Waals surface area contributed by atoms with Gasteiger partial charge < -0.3 is 4.74 Å². The Bertz CT molecular complexity index is 714. The van der Waals surface area contributed by atoms with Gasteiger partial charge in [0.1, 0.15) is 0 Å². The van der Waals surface area contributed by atoms with Gasteiger partial charge in [0.15, 0.2) is 0 Å². The van der Waals surface area contributed by atoms with Crippen molar-refractivity contribution in [2.75, 3.05) is 0 Å². The number of carbonyl (C=O) groups excluding carboxylic acids is 1. The van der Waals surface area contributed by atoms with Crippen molar-refractivity contribution < 1.29 is 31.5 Å². The summed E-state index contributed by atoms with van der Waals surface area (Å²) in [6.07, 6.45) is -0.369. The Morgan fingerprint density at radius 2 is 1.41 bits per heavy atom. The topological polar surface area (TPSA) is 26.3 Å². The monoisotopic (exact) mass is 316 g/mol. The van der Waals surface area contributed by atoms with Gasteiger partial charge in [-0.1, -0.05) is 24.3 Å². The van der Waals surface area contributed by atoms with Gasteiger partial charge >= 0.3 is 5.97 Å². The molecule has 0 atom stereocenters. The molecule has 0 fully saturated rings. The molecule has 0 unspecified atom stereocenters. The lowest BCUT2D eigenvalue weighted by molar-refractivity contribution is -0.134. The first-order valence-corrected chi connectivity index (χ1v) is 6.09. The van der Waals surface area contributed by atoms with Gasteiger partial charge in [0.25, 0.3) is 0 Å². The van der Waals surface area contributed by atoms with E-state index in [0.717, 1.165) is 5.56 Å². The van der Waals surface area contributed by atoms with Crippen molar-refractivity contribution >= 4 is 5.97 Å². The molecule has 0 spiro atoms. The van der Waals surface area contributed by atoms with Crippen LogP contribution in [-0.4, -0.2) is 5.97 Å². The molecule has 0 N–H and O–H groups in total. The molecule has 116 valence electrons. The predicted octanol–water partition coefficient (Wildman–Crippen LogP) is 3.84. The third-order valence-electron chi connectivity index (χ3n) is 2.98. The minimum atomic E-state index is -2.31. The van der Waals surface area contributed by atoms with E-state index in [0.29, 0.717) is 5.56 Å². The zero-order chi connectivity index (χ0) is 16.4. The number of benzene rings is 2. The zero-order valence-corrected chi connectivity index (χ0v) is 11.2. The number of hydrogen-bond donors (Lipinski definition) is 0. The fourth-order valence-corrected chi connectivity index (χ4v) is 1.79. The van der Waals surface area contributed by atoms with Gasteiger partial charge in [0.2, 0.25) is 34.8 Å². The molecule has 0 aliphatic carbocycles. The van der Waals surface area contributed by atoms with E-state index in [9.17, 15) is 26.7 Å². The molecule has 0 aliphatic rings. The van der Waals surface area contributed by atoms with E-state index in [4.69, 9.17) is 0 Å². The van der Waals surface area contributed by atoms with Crippen LogP contribution >= 0.6 is 0 Å². The summed E-state index contributed by atoms with van der Waals surface area (Å²) in [6, 6.07) is 6.62. The van der Waals surface area contributed by atoms with Gasteiger partial charge in [-0.3, -0.25) is 4.79 Å². The highest BCUT2D eigenvalue weighted by molar-refractivity contribution is 5.75. The largest absolute Gasteiger partial charge is 0.420 e. The summed E-state index contributed by atoms with van der Waals surface area (Å²) in [5, 5.41) is 0. The molecule has 2 aromatic carbocycles. The van der Waals surface area contributed by atoms with Gasteiger partial charge in [-0.15, -0.1) is 0 Å². The van der Waals surface area contributed by atoms with E-state index in [1.165, 1.54) is 0 Å². The zero-order valence-electron chi connectivity index (χ0n) is 11.2. The number of esters is 1. The van der Waals surface area contributed by atoms with E-state index < -0.39 is 40.8 Å². The fourth-order valence-electron chi connectivity index (χ4n) is 1.79. The SMILES string of the molecule is Cc1ccccc1CC(=O)Oc1c(F)c(F)c(F)c(F)c1F. The number of aryl methyl sites for hydroxylation is 1. The lowest BCUT2D eigenvalue weighted by Gasteiger charge is -2.09. The van der Waals surface area contributed by atoms with E-state index >= 15 is 0 Å². The summed E-state index contributed by atoms with van der Waals surface area (Å²) in [4.78, 5) is 11.7. The molecule has 0 aromatic heterocycles. The molecule has 0 saturated carbocycles. The van der Waals surface area contributed by atoms with Crippen LogP contribution in [0, 0.1) is 36.0 Å². The fraction of sp³-hybridized carbons (Fsp3) is 0.133. The van der Waals surface area contributed by atoms with Crippen molar-refractivity contribution in [3.8, 4) is 5.75 Å². The average Bonchev–Trinajstić information content (AvgIpc) is 2.50. The van der Waals surface area contributed by atoms with Crippen molar-refractivity contribution in [1.82, 2.24) is 0 Å². The molecule has 0 bridgehead atoms. The Kier molecular flexibility index (Phi) is 4.44. The quantitative estimate of drug-likeness (QED) is 0.283. The molecular formula is C15H9F5O2. The summed E-state index contributed by atoms with van der Waals surface area (Å²) in [7, 11) is 0. The molecular weight excluding hydrogens is 307 g/mol. The van der Waals surface area contributed by atoms with Gasteiger partial charge in [-0.2, -0.15) is 8.78 Å². The van der Waals surface area contributed by atoms with Crippen LogP contribution in [0.1, 0.15) is 11.1 Å². The van der Waals surface area contributed by atoms with Gasteiger partial charge in [-0.05, 0) is 18.1 Å². The molecule has 0 aliphatic heterocycles. The molecule has 22 heavy (non-hydrogen) atoms. The molecule has 0 saturated heterocycles. The number of hydrogen-bond acceptors (Lipinski definition) is 2. The Morgan fingerprint density at radius 3 is 1.95 bits per heavy atom. The summed E-state index contributed by atoms with van der Waals surface area (Å²) < 4.78 is 69.9. The van der Waals surface area contributed by atoms with E-state index in [2.05, 4.69) is 4.74 Å². The van der Waals surface area contributed by atoms with Crippen LogP contribution in [0.3, 0.4) is 0 Å². The highest BCUT2D eigenvalue weighted by Gasteiger charge is 2.28. The second-order valence-corrected chi connectivity index (χ2v) is 4.48. The third kappa shape index (κ3) is 2.93. The maximum Gasteiger partial charge on any atom is 0.315 e. The van der Waals surface area contributed by atoms with Crippen LogP contribution in [0.15, 0.2) is 24.3 Å². The van der Waals surface area contributed by atoms with Crippen LogP contribution in [0.4, 0.5) is 22.0 Å². The van der Waals surface area contributed by atoms with Crippen LogP contribution < -0.4 is 4.74 Å². The molecule has 2 rings (SSSR count). The van der Waals surface area contributed by atoms with E-state index in [1.807, 2.05) is 0 Å². The molecule has 2 aromatic rings. The van der Waals surface area contributed by atoms with Crippen molar-refractivity contribution in [3.63, 3.8) is 0 Å². The normalized spacial score (nSPS) is 10.6. The highest BCUT2D eigenvalue weighted by Crippen LogP contribution is 2.29. The molecule has 0 heterocycles. The number of ether oxygens (including phenoxy) is 1. The van der Waals surface area contributed by atoms with Crippen LogP contribution in [0.5, 0.6) is 5.75 Å². The number of halogens is 5. The summed E-state index contributed by atoms with van der Waals surface area (Å²) >= 11 is 0. The van der Waals surface area contributed by atoms with E-state index in [-0.39, 0.29) is 6.42 Å². The minimum Gasteiger partial charge on any atom is -0.420 e. The van der Waals surface area contributed by atoms with Gasteiger partial charge in [-0.25, -0.2) is 13.2 Å². The van der Waals surface area contributed by atoms with Gasteiger partial charge in [0.05, 0.1) is 6.42 Å². The molecule has 2 nitrogen and oxygen atoms in total. The van der Waals surface area contributed by atoms with Crippen molar-refractivity contribution in [2.45, 2.75) is 13.3 Å². The molecule has 7 heteroatoms. The van der Waals surface area contributed by atoms with E-state index in [1.54, 1.807) is 31.2 Å². The number of rotatable bonds is 3. The second-order valence-electron chi connectivity index (χ2n) is 4.48. The maximum absolute atomic E-state index is 13.4. The Hall–Kier alpha value is -2.44. The summed E-state index contributed by atoms with van der Waals surface area (Å²) in [6.45, 7) is 1.70. The van der Waals surface area contributed by atoms with Crippen molar-refractivity contribution in [3.05, 3.63) is 64.5 Å². The van der Waals surface area contributed by atoms with Crippen LogP contribution in [-0.2, 0) is 11.2 Å². The van der Waals surface area contributed by atoms with Crippen LogP contribution in [0.2, 0.25) is 0 Å². The minimum absolute atomic E-state index is 0.369. The van der Waals surface area contributed by atoms with Gasteiger partial charge in [0, 0.05) is 0 Å². The second kappa shape index (κ2) is 6.13.